The number of amides is 1. The van der Waals surface area contributed by atoms with Crippen LogP contribution in [0.15, 0.2) is 47.4 Å². The van der Waals surface area contributed by atoms with E-state index in [1.165, 1.54) is 22.9 Å². The first kappa shape index (κ1) is 15.1. The van der Waals surface area contributed by atoms with Crippen LogP contribution in [-0.4, -0.2) is 10.5 Å². The van der Waals surface area contributed by atoms with Crippen LogP contribution in [0.4, 0.5) is 11.4 Å². The third-order valence-electron chi connectivity index (χ3n) is 3.20. The Morgan fingerprint density at radius 1 is 1.19 bits per heavy atom. The quantitative estimate of drug-likeness (QED) is 0.855. The molecule has 3 N–H and O–H groups in total. The molecule has 2 rings (SSSR count). The molecule has 0 unspecified atom stereocenters. The van der Waals surface area contributed by atoms with Crippen LogP contribution in [0.5, 0.6) is 0 Å². The fourth-order valence-corrected chi connectivity index (χ4v) is 2.02. The van der Waals surface area contributed by atoms with Gasteiger partial charge in [0.05, 0.1) is 5.02 Å². The second-order valence-electron chi connectivity index (χ2n) is 5.19. The standard InChI is InChI=1S/C15H16ClN3O2/c1-15(2,19-9-10(16)3-8-13(19)20)14(21)18-12-6-4-11(17)5-7-12/h3-9H,17H2,1-2H3,(H,18,21). The van der Waals surface area contributed by atoms with E-state index < -0.39 is 5.54 Å². The van der Waals surface area contributed by atoms with E-state index in [1.54, 1.807) is 38.1 Å². The largest absolute Gasteiger partial charge is 0.399 e. The van der Waals surface area contributed by atoms with Gasteiger partial charge in [-0.25, -0.2) is 0 Å². The first-order valence-electron chi connectivity index (χ1n) is 6.36. The first-order valence-corrected chi connectivity index (χ1v) is 6.74. The van der Waals surface area contributed by atoms with Gasteiger partial charge in [-0.1, -0.05) is 11.6 Å². The summed E-state index contributed by atoms with van der Waals surface area (Å²) in [6.07, 6.45) is 1.45. The van der Waals surface area contributed by atoms with Crippen LogP contribution in [0.2, 0.25) is 5.02 Å². The number of hydrogen-bond donors (Lipinski definition) is 2. The first-order chi connectivity index (χ1) is 9.80. The van der Waals surface area contributed by atoms with Crippen LogP contribution < -0.4 is 16.6 Å². The van der Waals surface area contributed by atoms with Gasteiger partial charge in [-0.15, -0.1) is 0 Å². The molecule has 1 aromatic heterocycles. The van der Waals surface area contributed by atoms with Crippen LogP contribution >= 0.6 is 11.6 Å². The second kappa shape index (κ2) is 5.61. The molecule has 6 heteroatoms. The molecule has 0 saturated carbocycles. The van der Waals surface area contributed by atoms with Crippen molar-refractivity contribution in [2.24, 2.45) is 0 Å². The van der Waals surface area contributed by atoms with Crippen molar-refractivity contribution in [2.75, 3.05) is 11.1 Å². The Morgan fingerprint density at radius 3 is 2.43 bits per heavy atom. The number of aromatic nitrogens is 1. The highest BCUT2D eigenvalue weighted by Crippen LogP contribution is 2.19. The molecule has 0 bridgehead atoms. The van der Waals surface area contributed by atoms with Gasteiger partial charge in [0.2, 0.25) is 5.91 Å². The molecule has 21 heavy (non-hydrogen) atoms. The molecule has 5 nitrogen and oxygen atoms in total. The van der Waals surface area contributed by atoms with Gasteiger partial charge < -0.3 is 11.1 Å². The zero-order valence-electron chi connectivity index (χ0n) is 11.8. The lowest BCUT2D eigenvalue weighted by Crippen LogP contribution is -2.45. The van der Waals surface area contributed by atoms with E-state index in [9.17, 15) is 9.59 Å². The summed E-state index contributed by atoms with van der Waals surface area (Å²) in [7, 11) is 0. The Hall–Kier alpha value is -2.27. The Labute approximate surface area is 127 Å². The number of nitrogen functional groups attached to an aromatic ring is 1. The van der Waals surface area contributed by atoms with Crippen LogP contribution in [-0.2, 0) is 10.3 Å². The summed E-state index contributed by atoms with van der Waals surface area (Å²) in [6, 6.07) is 9.60. The van der Waals surface area contributed by atoms with Crippen LogP contribution in [0, 0.1) is 0 Å². The van der Waals surface area contributed by atoms with E-state index in [2.05, 4.69) is 5.32 Å². The number of nitrogens with two attached hydrogens (primary N) is 1. The average Bonchev–Trinajstić information content (AvgIpc) is 2.43. The number of carbonyl (C=O) groups excluding carboxylic acids is 1. The van der Waals surface area contributed by atoms with Gasteiger partial charge in [0.25, 0.3) is 5.56 Å². The van der Waals surface area contributed by atoms with E-state index in [0.29, 0.717) is 16.4 Å². The predicted molar refractivity (Wildman–Crippen MR) is 84.5 cm³/mol. The summed E-state index contributed by atoms with van der Waals surface area (Å²) in [6.45, 7) is 3.30. The van der Waals surface area contributed by atoms with E-state index in [-0.39, 0.29) is 11.5 Å². The molecule has 2 aromatic rings. The fraction of sp³-hybridized carbons (Fsp3) is 0.200. The number of anilines is 2. The van der Waals surface area contributed by atoms with Crippen molar-refractivity contribution in [1.29, 1.82) is 0 Å². The lowest BCUT2D eigenvalue weighted by molar-refractivity contribution is -0.123. The molecule has 1 heterocycles. The second-order valence-corrected chi connectivity index (χ2v) is 5.63. The molecule has 0 spiro atoms. The predicted octanol–water partition coefficient (Wildman–Crippen LogP) is 2.46. The fourth-order valence-electron chi connectivity index (χ4n) is 1.86. The van der Waals surface area contributed by atoms with Crippen molar-refractivity contribution in [2.45, 2.75) is 19.4 Å². The molecule has 0 radical (unpaired) electrons. The molecule has 1 amide bonds. The smallest absolute Gasteiger partial charge is 0.251 e. The normalized spacial score (nSPS) is 11.2. The SMILES string of the molecule is CC(C)(C(=O)Nc1ccc(N)cc1)n1cc(Cl)ccc1=O. The Bertz CT molecular complexity index is 720. The molecule has 1 aromatic carbocycles. The van der Waals surface area contributed by atoms with Crippen molar-refractivity contribution in [3.8, 4) is 0 Å². The summed E-state index contributed by atoms with van der Waals surface area (Å²) in [5.74, 6) is -0.323. The number of pyridine rings is 1. The minimum atomic E-state index is -1.08. The van der Waals surface area contributed by atoms with Crippen molar-refractivity contribution in [1.82, 2.24) is 4.57 Å². The highest BCUT2D eigenvalue weighted by Gasteiger charge is 2.30. The number of nitrogens with zero attached hydrogens (tertiary/aromatic N) is 1. The van der Waals surface area contributed by atoms with Gasteiger partial charge >= 0.3 is 0 Å². The zero-order chi connectivity index (χ0) is 15.6. The molecule has 0 saturated heterocycles. The van der Waals surface area contributed by atoms with Crippen LogP contribution in [0.3, 0.4) is 0 Å². The lowest BCUT2D eigenvalue weighted by Gasteiger charge is -2.26. The van der Waals surface area contributed by atoms with Crippen LogP contribution in [0.25, 0.3) is 0 Å². The molecular weight excluding hydrogens is 290 g/mol. The number of nitrogens with one attached hydrogen (secondary N) is 1. The lowest BCUT2D eigenvalue weighted by atomic mass is 10.0. The summed E-state index contributed by atoms with van der Waals surface area (Å²) in [5.41, 5.74) is 5.44. The maximum atomic E-state index is 12.4. The number of benzene rings is 1. The van der Waals surface area contributed by atoms with Crippen molar-refractivity contribution in [3.63, 3.8) is 0 Å². The molecule has 0 atom stereocenters. The highest BCUT2D eigenvalue weighted by molar-refractivity contribution is 6.30. The molecule has 0 aliphatic carbocycles. The molecule has 0 aliphatic heterocycles. The van der Waals surface area contributed by atoms with E-state index in [1.807, 2.05) is 0 Å². The molecule has 0 aliphatic rings. The van der Waals surface area contributed by atoms with Gasteiger partial charge in [-0.2, -0.15) is 0 Å². The van der Waals surface area contributed by atoms with Gasteiger partial charge in [-0.3, -0.25) is 14.2 Å². The van der Waals surface area contributed by atoms with Gasteiger partial charge in [0.1, 0.15) is 5.54 Å². The van der Waals surface area contributed by atoms with Gasteiger partial charge in [-0.05, 0) is 44.2 Å². The summed E-state index contributed by atoms with van der Waals surface area (Å²) in [5, 5.41) is 3.15. The van der Waals surface area contributed by atoms with Crippen LogP contribution in [0.1, 0.15) is 13.8 Å². The number of hydrogen-bond acceptors (Lipinski definition) is 3. The van der Waals surface area contributed by atoms with Gasteiger partial charge in [0.15, 0.2) is 0 Å². The monoisotopic (exact) mass is 305 g/mol. The maximum absolute atomic E-state index is 12.4. The van der Waals surface area contributed by atoms with E-state index in [4.69, 9.17) is 17.3 Å². The number of carbonyl (C=O) groups is 1. The minimum Gasteiger partial charge on any atom is -0.399 e. The number of rotatable bonds is 3. The Morgan fingerprint density at radius 2 is 1.81 bits per heavy atom. The summed E-state index contributed by atoms with van der Waals surface area (Å²) < 4.78 is 1.31. The summed E-state index contributed by atoms with van der Waals surface area (Å²) in [4.78, 5) is 24.4. The van der Waals surface area contributed by atoms with Crippen molar-refractivity contribution >= 4 is 28.9 Å². The summed E-state index contributed by atoms with van der Waals surface area (Å²) >= 11 is 5.90. The average molecular weight is 306 g/mol. The third kappa shape index (κ3) is 3.25. The minimum absolute atomic E-state index is 0.295. The molecular formula is C15H16ClN3O2. The van der Waals surface area contributed by atoms with Crippen molar-refractivity contribution < 1.29 is 4.79 Å². The van der Waals surface area contributed by atoms with E-state index >= 15 is 0 Å². The Kier molecular flexibility index (Phi) is 4.04. The topological polar surface area (TPSA) is 77.1 Å². The Balaban J connectivity index is 2.30. The van der Waals surface area contributed by atoms with Crippen molar-refractivity contribution in [3.05, 3.63) is 58.0 Å². The number of halogens is 1. The molecule has 0 fully saturated rings. The molecule has 110 valence electrons. The van der Waals surface area contributed by atoms with E-state index in [0.717, 1.165) is 0 Å². The third-order valence-corrected chi connectivity index (χ3v) is 3.43. The zero-order valence-corrected chi connectivity index (χ0v) is 12.5. The van der Waals surface area contributed by atoms with Gasteiger partial charge in [0, 0.05) is 23.6 Å². The highest BCUT2D eigenvalue weighted by atomic mass is 35.5. The maximum Gasteiger partial charge on any atom is 0.251 e.